The van der Waals surface area contributed by atoms with E-state index < -0.39 is 8.67 Å². The monoisotopic (exact) mass is 974 g/mol. The van der Waals surface area contributed by atoms with Crippen molar-refractivity contribution in [3.8, 4) is 11.5 Å². The van der Waals surface area contributed by atoms with Crippen molar-refractivity contribution in [1.29, 1.82) is 0 Å². The summed E-state index contributed by atoms with van der Waals surface area (Å²) in [7, 11) is 0. The summed E-state index contributed by atoms with van der Waals surface area (Å²) in [6.07, 6.45) is 10.2. The van der Waals surface area contributed by atoms with E-state index in [1.54, 1.807) is 47.8 Å². The fourth-order valence-corrected chi connectivity index (χ4v) is 12.2. The van der Waals surface area contributed by atoms with Crippen LogP contribution in [0, 0.1) is 0 Å². The minimum atomic E-state index is -1.38. The predicted octanol–water partition coefficient (Wildman–Crippen LogP) is 12.5. The van der Waals surface area contributed by atoms with E-state index in [0.29, 0.717) is 97.7 Å². The Labute approximate surface area is 397 Å². The van der Waals surface area contributed by atoms with Gasteiger partial charge < -0.3 is 33.2 Å². The average Bonchev–Trinajstić information content (AvgIpc) is 3.29. The van der Waals surface area contributed by atoms with Crippen molar-refractivity contribution < 1.29 is 42.7 Å². The number of hydrogen-bond acceptors (Lipinski definition) is 11. The van der Waals surface area contributed by atoms with Gasteiger partial charge in [-0.3, -0.25) is 0 Å². The van der Waals surface area contributed by atoms with Crippen molar-refractivity contribution in [3.63, 3.8) is 0 Å². The zero-order chi connectivity index (χ0) is 43.8. The highest BCUT2D eigenvalue weighted by Gasteiger charge is 2.40. The number of carbonyl (C=O) groups excluding carboxylic acids is 2. The lowest BCUT2D eigenvalue weighted by Crippen LogP contribution is -2.22. The van der Waals surface area contributed by atoms with Crippen molar-refractivity contribution >= 4 is 81.9 Å². The second kappa shape index (κ2) is 21.6. The van der Waals surface area contributed by atoms with Crippen LogP contribution < -0.4 is 9.47 Å². The zero-order valence-electron chi connectivity index (χ0n) is 34.8. The molecule has 0 radical (unpaired) electrons. The fraction of sp³-hybridized carbons (Fsp3) is 0.458. The van der Waals surface area contributed by atoms with Crippen molar-refractivity contribution in [3.05, 3.63) is 106 Å². The van der Waals surface area contributed by atoms with Gasteiger partial charge in [-0.25, -0.2) is 9.59 Å². The molecule has 4 aromatic rings. The third-order valence-corrected chi connectivity index (χ3v) is 15.4. The molecule has 0 bridgehead atoms. The van der Waals surface area contributed by atoms with Gasteiger partial charge >= 0.3 is 11.9 Å². The molecule has 0 spiro atoms. The van der Waals surface area contributed by atoms with Crippen molar-refractivity contribution in [2.24, 2.45) is 0 Å². The van der Waals surface area contributed by atoms with Gasteiger partial charge in [-0.15, -0.1) is 0 Å². The molecular weight excluding hydrogens is 926 g/mol. The van der Waals surface area contributed by atoms with E-state index in [1.165, 1.54) is 12.8 Å². The number of carbonyl (C=O) groups is 2. The maximum atomic E-state index is 13.0. The maximum absolute atomic E-state index is 13.0. The van der Waals surface area contributed by atoms with Gasteiger partial charge in [0.15, 0.2) is 8.67 Å². The minimum absolute atomic E-state index is 0.0406. The highest BCUT2D eigenvalue weighted by atomic mass is 35.5. The molecule has 0 aromatic heterocycles. The largest absolute Gasteiger partial charge is 0.491 e. The number of benzene rings is 4. The number of hydrogen-bond donors (Lipinski definition) is 0. The Morgan fingerprint density at radius 1 is 0.460 bits per heavy atom. The molecule has 63 heavy (non-hydrogen) atoms. The standard InChI is InChI=1S/C48H50Cl4O9S2/c49-47(50)37-27-31(45(53)60-33-7-3-1-4-8-33)11-15-41(37)62-43-17-13-35(29-39(43)47)58-25-23-56-21-19-55-20-22-57-24-26-59-36-14-18-44-40(30-36)48(51,52)38-28-32(12-16-42(38)63-44)46(54)61-34-9-5-2-6-10-34/h11-18,27-30,33-34H,1-10,19-26H2. The van der Waals surface area contributed by atoms with Crippen LogP contribution in [0.3, 0.4) is 0 Å². The van der Waals surface area contributed by atoms with E-state index in [-0.39, 0.29) is 24.1 Å². The molecule has 2 aliphatic carbocycles. The van der Waals surface area contributed by atoms with Gasteiger partial charge in [0.1, 0.15) is 36.9 Å². The minimum Gasteiger partial charge on any atom is -0.491 e. The summed E-state index contributed by atoms with van der Waals surface area (Å²) in [4.78, 5) is 29.6. The number of fused-ring (bicyclic) bond motifs is 4. The van der Waals surface area contributed by atoms with Gasteiger partial charge in [-0.2, -0.15) is 0 Å². The lowest BCUT2D eigenvalue weighted by atomic mass is 9.97. The van der Waals surface area contributed by atoms with E-state index in [1.807, 2.05) is 48.5 Å². The quantitative estimate of drug-likeness (QED) is 0.0541. The molecule has 9 nitrogen and oxygen atoms in total. The highest BCUT2D eigenvalue weighted by Crippen LogP contribution is 2.56. The first-order valence-corrected chi connectivity index (χ1v) is 24.8. The van der Waals surface area contributed by atoms with Crippen LogP contribution in [0.1, 0.15) is 107 Å². The van der Waals surface area contributed by atoms with E-state index >= 15 is 0 Å². The predicted molar refractivity (Wildman–Crippen MR) is 247 cm³/mol. The molecule has 4 aromatic carbocycles. The molecule has 2 fully saturated rings. The van der Waals surface area contributed by atoms with Crippen LogP contribution in [0.4, 0.5) is 0 Å². The van der Waals surface area contributed by atoms with Crippen LogP contribution in [0.5, 0.6) is 11.5 Å². The average molecular weight is 977 g/mol. The Morgan fingerprint density at radius 2 is 0.794 bits per heavy atom. The summed E-state index contributed by atoms with van der Waals surface area (Å²) in [6.45, 7) is 2.99. The number of halogens is 4. The first-order valence-electron chi connectivity index (χ1n) is 21.7. The van der Waals surface area contributed by atoms with E-state index in [4.69, 9.17) is 79.6 Å². The molecule has 15 heteroatoms. The molecule has 2 saturated carbocycles. The van der Waals surface area contributed by atoms with Gasteiger partial charge in [0.05, 0.1) is 50.8 Å². The Morgan fingerprint density at radius 3 is 1.17 bits per heavy atom. The normalized spacial score (nSPS) is 17.7. The Kier molecular flexibility index (Phi) is 16.0. The summed E-state index contributed by atoms with van der Waals surface area (Å²) in [5.74, 6) is 0.534. The lowest BCUT2D eigenvalue weighted by Gasteiger charge is -2.31. The molecule has 0 atom stereocenters. The number of rotatable bonds is 18. The molecule has 0 amide bonds. The third kappa shape index (κ3) is 11.6. The topological polar surface area (TPSA) is 98.8 Å². The summed E-state index contributed by atoms with van der Waals surface area (Å²) in [6, 6.07) is 22.2. The van der Waals surface area contributed by atoms with Crippen molar-refractivity contribution in [2.75, 3.05) is 52.9 Å². The van der Waals surface area contributed by atoms with Crippen molar-refractivity contribution in [2.45, 2.75) is 105 Å². The Hall–Kier alpha value is -2.84. The van der Waals surface area contributed by atoms with E-state index in [2.05, 4.69) is 0 Å². The number of esters is 2. The summed E-state index contributed by atoms with van der Waals surface area (Å²) in [5, 5.41) is 0. The number of alkyl halides is 4. The molecule has 4 aliphatic rings. The van der Waals surface area contributed by atoms with Gasteiger partial charge in [0.2, 0.25) is 0 Å². The molecule has 336 valence electrons. The van der Waals surface area contributed by atoms with Gasteiger partial charge in [-0.05, 0) is 124 Å². The van der Waals surface area contributed by atoms with Crippen LogP contribution in [0.25, 0.3) is 0 Å². The van der Waals surface area contributed by atoms with Gasteiger partial charge in [0, 0.05) is 41.8 Å². The molecular formula is C48H50Cl4O9S2. The molecule has 0 saturated heterocycles. The Balaban J connectivity index is 0.703. The van der Waals surface area contributed by atoms with Crippen LogP contribution in [0.15, 0.2) is 92.4 Å². The molecule has 8 rings (SSSR count). The van der Waals surface area contributed by atoms with E-state index in [9.17, 15) is 9.59 Å². The first kappa shape index (κ1) is 46.7. The third-order valence-electron chi connectivity index (χ3n) is 11.5. The number of ether oxygens (including phenoxy) is 7. The van der Waals surface area contributed by atoms with Crippen LogP contribution >= 0.6 is 69.9 Å². The zero-order valence-corrected chi connectivity index (χ0v) is 39.5. The molecule has 2 aliphatic heterocycles. The summed E-state index contributed by atoms with van der Waals surface area (Å²) in [5.41, 5.74) is 3.59. The molecule has 0 N–H and O–H groups in total. The summed E-state index contributed by atoms with van der Waals surface area (Å²) < 4.78 is 37.8. The second-order valence-electron chi connectivity index (χ2n) is 16.0. The first-order chi connectivity index (χ1) is 30.6. The smallest absolute Gasteiger partial charge is 0.338 e. The SMILES string of the molecule is O=C(OC1CCCCC1)c1ccc2c(c1)C(Cl)(Cl)c1cc(OCCOCCOCCOCCOc3ccc4c(c3)C(Cl)(Cl)c3cc(C(=O)OC5CCCCC5)ccc3S4)ccc1S2. The molecule has 0 unspecified atom stereocenters. The lowest BCUT2D eigenvalue weighted by molar-refractivity contribution is 0.00498. The Bertz CT molecular complexity index is 2090. The van der Waals surface area contributed by atoms with Crippen LogP contribution in [-0.4, -0.2) is 77.0 Å². The second-order valence-corrected chi connectivity index (χ2v) is 20.8. The fourth-order valence-electron chi connectivity index (χ4n) is 8.16. The summed E-state index contributed by atoms with van der Waals surface area (Å²) >= 11 is 31.2. The highest BCUT2D eigenvalue weighted by molar-refractivity contribution is 7.99. The van der Waals surface area contributed by atoms with Crippen LogP contribution in [0.2, 0.25) is 0 Å². The van der Waals surface area contributed by atoms with Crippen LogP contribution in [-0.2, 0) is 32.4 Å². The van der Waals surface area contributed by atoms with E-state index in [0.717, 1.165) is 70.9 Å². The maximum Gasteiger partial charge on any atom is 0.338 e. The van der Waals surface area contributed by atoms with Gasteiger partial charge in [-0.1, -0.05) is 82.8 Å². The molecule has 2 heterocycles. The van der Waals surface area contributed by atoms with Gasteiger partial charge in [0.25, 0.3) is 0 Å². The van der Waals surface area contributed by atoms with Crippen molar-refractivity contribution in [1.82, 2.24) is 0 Å².